The van der Waals surface area contributed by atoms with E-state index in [-0.39, 0.29) is 34.0 Å². The van der Waals surface area contributed by atoms with E-state index < -0.39 is 78.8 Å². The van der Waals surface area contributed by atoms with Gasteiger partial charge in [0.15, 0.2) is 21.5 Å². The minimum absolute atomic E-state index is 0.0427. The minimum atomic E-state index is -4.15. The van der Waals surface area contributed by atoms with Crippen LogP contribution < -0.4 is 10.0 Å². The molecule has 2 fully saturated rings. The average molecular weight is 623 g/mol. The molecule has 0 saturated heterocycles. The number of aliphatic hydroxyl groups excluding tert-OH is 2. The van der Waals surface area contributed by atoms with Crippen molar-refractivity contribution >= 4 is 43.1 Å². The van der Waals surface area contributed by atoms with Crippen LogP contribution in [0.1, 0.15) is 36.0 Å². The van der Waals surface area contributed by atoms with Gasteiger partial charge in [-0.05, 0) is 67.9 Å². The van der Waals surface area contributed by atoms with Crippen molar-refractivity contribution < 1.29 is 45.7 Å². The van der Waals surface area contributed by atoms with Crippen LogP contribution >= 0.6 is 11.6 Å². The average Bonchev–Trinajstić information content (AvgIpc) is 3.04. The van der Waals surface area contributed by atoms with Crippen molar-refractivity contribution in [3.8, 4) is 0 Å². The summed E-state index contributed by atoms with van der Waals surface area (Å²) in [5, 5.41) is 33.8. The van der Waals surface area contributed by atoms with Crippen molar-refractivity contribution in [3.05, 3.63) is 58.6 Å². The van der Waals surface area contributed by atoms with E-state index in [0.29, 0.717) is 12.8 Å². The molecule has 0 aliphatic heterocycles. The third-order valence-electron chi connectivity index (χ3n) is 7.78. The fraction of sp³-hybridized carbons (Fsp3) is 0.480. The predicted molar refractivity (Wildman–Crippen MR) is 142 cm³/mol. The molecule has 10 nitrogen and oxygen atoms in total. The first kappa shape index (κ1) is 30.8. The number of carbonyl (C=O) groups excluding carboxylic acids is 1. The smallest absolute Gasteiger partial charge is 0.255 e. The third kappa shape index (κ3) is 6.03. The van der Waals surface area contributed by atoms with Gasteiger partial charge in [-0.1, -0.05) is 11.6 Å². The lowest BCUT2D eigenvalue weighted by Gasteiger charge is -2.46. The van der Waals surface area contributed by atoms with Crippen LogP contribution in [-0.2, 0) is 19.9 Å². The summed E-state index contributed by atoms with van der Waals surface area (Å²) >= 11 is 6.23. The topological polar surface area (TPSA) is 170 Å². The first-order valence-corrected chi connectivity index (χ1v) is 16.2. The van der Waals surface area contributed by atoms with Gasteiger partial charge in [0.2, 0.25) is 10.0 Å². The van der Waals surface area contributed by atoms with Crippen LogP contribution in [-0.4, -0.2) is 73.9 Å². The second-order valence-electron chi connectivity index (χ2n) is 10.4. The molecule has 0 spiro atoms. The molecule has 0 aromatic heterocycles. The predicted octanol–water partition coefficient (Wildman–Crippen LogP) is 1.83. The summed E-state index contributed by atoms with van der Waals surface area (Å²) < 4.78 is 78.9. The number of sulfone groups is 1. The first-order chi connectivity index (χ1) is 18.5. The van der Waals surface area contributed by atoms with E-state index in [4.69, 9.17) is 11.6 Å². The molecule has 5 N–H and O–H groups in total. The summed E-state index contributed by atoms with van der Waals surface area (Å²) in [5.41, 5.74) is -1.97. The maximum Gasteiger partial charge on any atom is 0.255 e. The molecule has 40 heavy (non-hydrogen) atoms. The van der Waals surface area contributed by atoms with Gasteiger partial charge in [0.1, 0.15) is 6.10 Å². The van der Waals surface area contributed by atoms with Gasteiger partial charge >= 0.3 is 0 Å². The highest BCUT2D eigenvalue weighted by Crippen LogP contribution is 2.54. The van der Waals surface area contributed by atoms with E-state index >= 15 is 0 Å². The number of benzene rings is 2. The molecular weight excluding hydrogens is 594 g/mol. The fourth-order valence-corrected chi connectivity index (χ4v) is 8.63. The minimum Gasteiger partial charge on any atom is -0.389 e. The second-order valence-corrected chi connectivity index (χ2v) is 14.8. The summed E-state index contributed by atoms with van der Waals surface area (Å²) in [7, 11) is -7.82. The van der Waals surface area contributed by atoms with Crippen LogP contribution in [0, 0.1) is 23.5 Å². The zero-order valence-electron chi connectivity index (χ0n) is 21.2. The molecule has 2 saturated carbocycles. The van der Waals surface area contributed by atoms with Crippen LogP contribution in [0.3, 0.4) is 0 Å². The Bertz CT molecular complexity index is 1510. The normalized spacial score (nSPS) is 26.3. The Labute approximate surface area is 235 Å². The van der Waals surface area contributed by atoms with Gasteiger partial charge in [-0.3, -0.25) is 4.79 Å². The molecule has 0 radical (unpaired) electrons. The number of nitrogens with one attached hydrogen (secondary N) is 2. The molecule has 2 aliphatic carbocycles. The van der Waals surface area contributed by atoms with Crippen LogP contribution in [0.15, 0.2) is 41.3 Å². The summed E-state index contributed by atoms with van der Waals surface area (Å²) in [6, 6.07) is 6.36. The Hall–Kier alpha value is -2.20. The SMILES string of the molecule is CS(=O)(=O)NCC(O)C(O)C1(O)C2CCC1CC(S(=O)(=O)c1cc(C(=O)Nc3ccc(F)c(F)c3)ccc1Cl)C2. The molecule has 2 aliphatic rings. The van der Waals surface area contributed by atoms with Crippen molar-refractivity contribution in [3.63, 3.8) is 0 Å². The number of anilines is 1. The lowest BCUT2D eigenvalue weighted by Crippen LogP contribution is -2.60. The number of amides is 1. The van der Waals surface area contributed by atoms with Gasteiger partial charge in [-0.15, -0.1) is 0 Å². The maximum atomic E-state index is 13.7. The Morgan fingerprint density at radius 1 is 1.05 bits per heavy atom. The van der Waals surface area contributed by atoms with Crippen molar-refractivity contribution in [2.75, 3.05) is 18.1 Å². The van der Waals surface area contributed by atoms with Crippen LogP contribution in [0.5, 0.6) is 0 Å². The Kier molecular flexibility index (Phi) is 8.64. The lowest BCUT2D eigenvalue weighted by molar-refractivity contribution is -0.174. The molecule has 2 aromatic carbocycles. The van der Waals surface area contributed by atoms with Crippen molar-refractivity contribution in [2.24, 2.45) is 11.8 Å². The Morgan fingerprint density at radius 2 is 1.68 bits per heavy atom. The Balaban J connectivity index is 1.54. The van der Waals surface area contributed by atoms with Gasteiger partial charge in [0.25, 0.3) is 5.91 Å². The van der Waals surface area contributed by atoms with Gasteiger partial charge < -0.3 is 20.6 Å². The van der Waals surface area contributed by atoms with E-state index in [2.05, 4.69) is 10.0 Å². The molecule has 15 heteroatoms. The molecule has 2 bridgehead atoms. The van der Waals surface area contributed by atoms with Crippen molar-refractivity contribution in [1.29, 1.82) is 0 Å². The molecule has 4 atom stereocenters. The summed E-state index contributed by atoms with van der Waals surface area (Å²) in [6.07, 6.45) is -1.86. The van der Waals surface area contributed by atoms with Gasteiger partial charge in [-0.2, -0.15) is 0 Å². The van der Waals surface area contributed by atoms with Crippen LogP contribution in [0.2, 0.25) is 5.02 Å². The highest BCUT2D eigenvalue weighted by Gasteiger charge is 2.60. The molecule has 4 unspecified atom stereocenters. The standard InChI is InChI=1S/C25H29ClF2N2O8S2/c1-39(35,36)29-12-21(31)23(32)25(34)14-3-4-15(25)10-17(9-14)40(37,38)22-8-13(2-6-18(22)26)24(33)30-16-5-7-19(27)20(28)11-16/h2,5-8,11,14-15,17,21,23,29,31-32,34H,3-4,9-10,12H2,1H3,(H,30,33). The summed E-state index contributed by atoms with van der Waals surface area (Å²) in [4.78, 5) is 12.4. The zero-order chi connectivity index (χ0) is 29.6. The largest absolute Gasteiger partial charge is 0.389 e. The highest BCUT2D eigenvalue weighted by molar-refractivity contribution is 7.92. The highest BCUT2D eigenvalue weighted by atomic mass is 35.5. The van der Waals surface area contributed by atoms with Crippen LogP contribution in [0.4, 0.5) is 14.5 Å². The quantitative estimate of drug-likeness (QED) is 0.282. The Morgan fingerprint density at radius 3 is 2.25 bits per heavy atom. The van der Waals surface area contributed by atoms with E-state index in [1.807, 2.05) is 0 Å². The van der Waals surface area contributed by atoms with Gasteiger partial charge in [-0.25, -0.2) is 30.3 Å². The van der Waals surface area contributed by atoms with Gasteiger partial charge in [0, 0.05) is 23.9 Å². The maximum absolute atomic E-state index is 13.7. The summed E-state index contributed by atoms with van der Waals surface area (Å²) in [5.74, 6) is -4.48. The number of hydrogen-bond acceptors (Lipinski definition) is 8. The second kappa shape index (κ2) is 11.2. The van der Waals surface area contributed by atoms with Crippen molar-refractivity contribution in [1.82, 2.24) is 4.72 Å². The number of aliphatic hydroxyl groups is 3. The molecule has 1 amide bonds. The number of halogens is 3. The van der Waals surface area contributed by atoms with E-state index in [0.717, 1.165) is 30.5 Å². The fourth-order valence-electron chi connectivity index (χ4n) is 5.75. The van der Waals surface area contributed by atoms with Gasteiger partial charge in [0.05, 0.1) is 33.1 Å². The molecule has 220 valence electrons. The monoisotopic (exact) mass is 622 g/mol. The molecule has 4 rings (SSSR count). The third-order valence-corrected chi connectivity index (χ3v) is 11.1. The molecular formula is C25H29ClF2N2O8S2. The number of fused-ring (bicyclic) bond motifs is 2. The number of hydrogen-bond donors (Lipinski definition) is 5. The van der Waals surface area contributed by atoms with E-state index in [1.165, 1.54) is 12.1 Å². The molecule has 2 aromatic rings. The zero-order valence-corrected chi connectivity index (χ0v) is 23.6. The molecule has 0 heterocycles. The van der Waals surface area contributed by atoms with E-state index in [9.17, 15) is 45.7 Å². The summed E-state index contributed by atoms with van der Waals surface area (Å²) in [6.45, 7) is -0.529. The number of rotatable bonds is 9. The van der Waals surface area contributed by atoms with Crippen molar-refractivity contribution in [2.45, 2.75) is 53.6 Å². The first-order valence-electron chi connectivity index (χ1n) is 12.4. The van der Waals surface area contributed by atoms with Crippen LogP contribution in [0.25, 0.3) is 0 Å². The number of sulfonamides is 1. The van der Waals surface area contributed by atoms with E-state index in [1.54, 1.807) is 0 Å². The lowest BCUT2D eigenvalue weighted by atomic mass is 9.70. The number of carbonyl (C=O) groups is 1.